The molecule has 0 radical (unpaired) electrons. The Labute approximate surface area is 163 Å². The van der Waals surface area contributed by atoms with E-state index in [1.165, 1.54) is 12.1 Å². The zero-order valence-corrected chi connectivity index (χ0v) is 15.7. The van der Waals surface area contributed by atoms with Gasteiger partial charge in [0.15, 0.2) is 0 Å². The summed E-state index contributed by atoms with van der Waals surface area (Å²) in [4.78, 5) is 23.7. The lowest BCUT2D eigenvalue weighted by atomic mass is 9.92. The van der Waals surface area contributed by atoms with E-state index >= 15 is 0 Å². The largest absolute Gasteiger partial charge is 0.437 e. The molecule has 1 amide bonds. The van der Waals surface area contributed by atoms with Gasteiger partial charge in [0.25, 0.3) is 0 Å². The Bertz CT molecular complexity index is 809. The van der Waals surface area contributed by atoms with E-state index in [4.69, 9.17) is 9.47 Å². The second-order valence-electron chi connectivity index (χ2n) is 7.31. The van der Waals surface area contributed by atoms with Crippen molar-refractivity contribution in [3.8, 4) is 11.6 Å². The van der Waals surface area contributed by atoms with Gasteiger partial charge < -0.3 is 14.4 Å². The summed E-state index contributed by atoms with van der Waals surface area (Å²) >= 11 is 0. The Morgan fingerprint density at radius 2 is 1.86 bits per heavy atom. The topological polar surface area (TPSA) is 64.5 Å². The molecule has 2 aromatic rings. The number of amides is 1. The van der Waals surface area contributed by atoms with Crippen LogP contribution in [0.1, 0.15) is 37.3 Å². The third-order valence-electron chi connectivity index (χ3n) is 5.41. The van der Waals surface area contributed by atoms with Crippen molar-refractivity contribution < 1.29 is 18.7 Å². The van der Waals surface area contributed by atoms with Crippen LogP contribution >= 0.6 is 0 Å². The van der Waals surface area contributed by atoms with Crippen molar-refractivity contribution in [3.63, 3.8) is 0 Å². The number of nitrogens with zero attached hydrogens (tertiary/aromatic N) is 3. The molecule has 2 aliphatic heterocycles. The van der Waals surface area contributed by atoms with Crippen LogP contribution in [0.5, 0.6) is 11.6 Å². The van der Waals surface area contributed by atoms with Crippen molar-refractivity contribution in [3.05, 3.63) is 48.2 Å². The summed E-state index contributed by atoms with van der Waals surface area (Å²) in [5.41, 5.74) is 0.747. The summed E-state index contributed by atoms with van der Waals surface area (Å²) in [5, 5.41) is 0. The van der Waals surface area contributed by atoms with Gasteiger partial charge in [-0.1, -0.05) is 0 Å². The number of aromatic nitrogens is 2. The molecule has 2 aliphatic rings. The highest BCUT2D eigenvalue weighted by Gasteiger charge is 2.32. The molecule has 28 heavy (non-hydrogen) atoms. The first-order valence-corrected chi connectivity index (χ1v) is 9.81. The lowest BCUT2D eigenvalue weighted by molar-refractivity contribution is -0.139. The van der Waals surface area contributed by atoms with Crippen molar-refractivity contribution in [2.24, 2.45) is 5.92 Å². The van der Waals surface area contributed by atoms with Crippen LogP contribution in [0.15, 0.2) is 36.7 Å². The summed E-state index contributed by atoms with van der Waals surface area (Å²) < 4.78 is 24.4. The Kier molecular flexibility index (Phi) is 5.81. The lowest BCUT2D eigenvalue weighted by Gasteiger charge is -2.35. The zero-order chi connectivity index (χ0) is 19.3. The standard InChI is InChI=1S/C21H24FN3O3/c22-17-3-5-18(6-4-17)28-20-19(23-9-10-24-20)16-2-1-11-25(14-16)21(26)15-7-12-27-13-8-15/h3-6,9-10,15-16H,1-2,7-8,11-14H2. The molecule has 1 atom stereocenters. The average molecular weight is 385 g/mol. The quantitative estimate of drug-likeness (QED) is 0.805. The van der Waals surface area contributed by atoms with Crippen molar-refractivity contribution >= 4 is 5.91 Å². The van der Waals surface area contributed by atoms with E-state index in [1.54, 1.807) is 24.5 Å². The molecule has 0 bridgehead atoms. The first kappa shape index (κ1) is 18.8. The molecule has 0 saturated carbocycles. The summed E-state index contributed by atoms with van der Waals surface area (Å²) in [7, 11) is 0. The van der Waals surface area contributed by atoms with Crippen LogP contribution < -0.4 is 4.74 Å². The smallest absolute Gasteiger partial charge is 0.241 e. The van der Waals surface area contributed by atoms with Gasteiger partial charge in [-0.3, -0.25) is 9.78 Å². The minimum absolute atomic E-state index is 0.0595. The zero-order valence-electron chi connectivity index (χ0n) is 15.7. The van der Waals surface area contributed by atoms with E-state index in [1.807, 2.05) is 4.90 Å². The Morgan fingerprint density at radius 3 is 2.64 bits per heavy atom. The average Bonchev–Trinajstić information content (AvgIpc) is 2.76. The van der Waals surface area contributed by atoms with Gasteiger partial charge in [0.05, 0.1) is 0 Å². The van der Waals surface area contributed by atoms with Gasteiger partial charge in [-0.2, -0.15) is 0 Å². The van der Waals surface area contributed by atoms with Crippen LogP contribution in [0.4, 0.5) is 4.39 Å². The van der Waals surface area contributed by atoms with E-state index in [0.717, 1.165) is 37.9 Å². The first-order valence-electron chi connectivity index (χ1n) is 9.81. The number of halogens is 1. The van der Waals surface area contributed by atoms with Gasteiger partial charge in [-0.15, -0.1) is 0 Å². The van der Waals surface area contributed by atoms with Crippen molar-refractivity contribution in [2.75, 3.05) is 26.3 Å². The van der Waals surface area contributed by atoms with Gasteiger partial charge in [0, 0.05) is 50.5 Å². The Morgan fingerprint density at radius 1 is 1.11 bits per heavy atom. The third-order valence-corrected chi connectivity index (χ3v) is 5.41. The molecule has 1 unspecified atom stereocenters. The van der Waals surface area contributed by atoms with Crippen LogP contribution in [0.25, 0.3) is 0 Å². The van der Waals surface area contributed by atoms with E-state index in [0.29, 0.717) is 31.4 Å². The number of ether oxygens (including phenoxy) is 2. The predicted molar refractivity (Wildman–Crippen MR) is 101 cm³/mol. The minimum Gasteiger partial charge on any atom is -0.437 e. The highest BCUT2D eigenvalue weighted by molar-refractivity contribution is 5.79. The van der Waals surface area contributed by atoms with E-state index < -0.39 is 0 Å². The van der Waals surface area contributed by atoms with Crippen LogP contribution in [-0.4, -0.2) is 47.1 Å². The van der Waals surface area contributed by atoms with Crippen molar-refractivity contribution in [2.45, 2.75) is 31.6 Å². The molecule has 6 nitrogen and oxygen atoms in total. The van der Waals surface area contributed by atoms with E-state index in [-0.39, 0.29) is 23.6 Å². The molecule has 1 aromatic heterocycles. The van der Waals surface area contributed by atoms with Crippen molar-refractivity contribution in [1.82, 2.24) is 14.9 Å². The van der Waals surface area contributed by atoms with Gasteiger partial charge in [-0.25, -0.2) is 9.37 Å². The number of rotatable bonds is 4. The number of hydrogen-bond acceptors (Lipinski definition) is 5. The second kappa shape index (κ2) is 8.65. The number of carbonyl (C=O) groups excluding carboxylic acids is 1. The van der Waals surface area contributed by atoms with Gasteiger partial charge in [0.2, 0.25) is 11.8 Å². The highest BCUT2D eigenvalue weighted by Crippen LogP contribution is 2.33. The fraction of sp³-hybridized carbons (Fsp3) is 0.476. The number of benzene rings is 1. The molecule has 148 valence electrons. The minimum atomic E-state index is -0.318. The molecule has 3 heterocycles. The Balaban J connectivity index is 1.49. The maximum atomic E-state index is 13.1. The first-order chi connectivity index (χ1) is 13.7. The summed E-state index contributed by atoms with van der Waals surface area (Å²) in [6, 6.07) is 5.83. The Hall–Kier alpha value is -2.54. The second-order valence-corrected chi connectivity index (χ2v) is 7.31. The van der Waals surface area contributed by atoms with Gasteiger partial charge in [0.1, 0.15) is 17.3 Å². The number of carbonyl (C=O) groups is 1. The normalized spacial score (nSPS) is 20.8. The predicted octanol–water partition coefficient (Wildman–Crippen LogP) is 3.54. The highest BCUT2D eigenvalue weighted by atomic mass is 19.1. The molecule has 0 spiro atoms. The molecule has 1 aromatic carbocycles. The number of piperidine rings is 1. The lowest BCUT2D eigenvalue weighted by Crippen LogP contribution is -2.43. The van der Waals surface area contributed by atoms with Gasteiger partial charge in [-0.05, 0) is 49.9 Å². The molecule has 2 fully saturated rings. The third kappa shape index (κ3) is 4.30. The van der Waals surface area contributed by atoms with Crippen LogP contribution in [0, 0.1) is 11.7 Å². The molecular weight excluding hydrogens is 361 g/mol. The number of likely N-dealkylation sites (tertiary alicyclic amines) is 1. The molecule has 7 heteroatoms. The maximum absolute atomic E-state index is 13.1. The van der Waals surface area contributed by atoms with Crippen LogP contribution in [0.2, 0.25) is 0 Å². The summed E-state index contributed by atoms with van der Waals surface area (Å²) in [6.07, 6.45) is 6.67. The van der Waals surface area contributed by atoms with Crippen LogP contribution in [0.3, 0.4) is 0 Å². The summed E-state index contributed by atoms with van der Waals surface area (Å²) in [5.74, 6) is 0.957. The molecule has 2 saturated heterocycles. The molecular formula is C21H24FN3O3. The fourth-order valence-corrected chi connectivity index (χ4v) is 3.91. The maximum Gasteiger partial charge on any atom is 0.241 e. The SMILES string of the molecule is O=C(C1CCOCC1)N1CCCC(c2nccnc2Oc2ccc(F)cc2)C1. The summed E-state index contributed by atoms with van der Waals surface area (Å²) in [6.45, 7) is 2.72. The monoisotopic (exact) mass is 385 g/mol. The van der Waals surface area contributed by atoms with Gasteiger partial charge >= 0.3 is 0 Å². The molecule has 0 N–H and O–H groups in total. The van der Waals surface area contributed by atoms with E-state index in [2.05, 4.69) is 9.97 Å². The number of hydrogen-bond donors (Lipinski definition) is 0. The van der Waals surface area contributed by atoms with Crippen molar-refractivity contribution in [1.29, 1.82) is 0 Å². The molecule has 0 aliphatic carbocycles. The van der Waals surface area contributed by atoms with E-state index in [9.17, 15) is 9.18 Å². The fourth-order valence-electron chi connectivity index (χ4n) is 3.91. The van der Waals surface area contributed by atoms with Crippen LogP contribution in [-0.2, 0) is 9.53 Å². The molecule has 4 rings (SSSR count).